The summed E-state index contributed by atoms with van der Waals surface area (Å²) in [7, 11) is 1.54. The summed E-state index contributed by atoms with van der Waals surface area (Å²) in [5.74, 6) is -0.0230. The van der Waals surface area contributed by atoms with E-state index in [1.165, 1.54) is 0 Å². The highest BCUT2D eigenvalue weighted by Crippen LogP contribution is 2.35. The SMILES string of the molecule is COCCNC(=O)CNC(=O)C1CC(=O)N(c2ccc3c(c2)OCCO3)C1. The van der Waals surface area contributed by atoms with E-state index in [9.17, 15) is 14.4 Å². The van der Waals surface area contributed by atoms with Gasteiger partial charge in [0, 0.05) is 38.4 Å². The third-order valence-corrected chi connectivity index (χ3v) is 4.38. The predicted octanol–water partition coefficient (Wildman–Crippen LogP) is -0.310. The molecule has 1 aromatic rings. The first-order valence-electron chi connectivity index (χ1n) is 8.82. The van der Waals surface area contributed by atoms with Crippen molar-refractivity contribution < 1.29 is 28.6 Å². The Morgan fingerprint density at radius 2 is 2.00 bits per heavy atom. The summed E-state index contributed by atoms with van der Waals surface area (Å²) < 4.78 is 15.9. The topological polar surface area (TPSA) is 106 Å². The van der Waals surface area contributed by atoms with Gasteiger partial charge in [-0.2, -0.15) is 0 Å². The quantitative estimate of drug-likeness (QED) is 0.632. The number of rotatable bonds is 7. The lowest BCUT2D eigenvalue weighted by Crippen LogP contribution is -2.41. The van der Waals surface area contributed by atoms with Crippen LogP contribution in [0.15, 0.2) is 18.2 Å². The smallest absolute Gasteiger partial charge is 0.239 e. The minimum absolute atomic E-state index is 0.103. The van der Waals surface area contributed by atoms with E-state index in [1.807, 2.05) is 0 Å². The Morgan fingerprint density at radius 3 is 2.78 bits per heavy atom. The van der Waals surface area contributed by atoms with Crippen LogP contribution in [-0.2, 0) is 19.1 Å². The fraction of sp³-hybridized carbons (Fsp3) is 0.500. The lowest BCUT2D eigenvalue weighted by molar-refractivity contribution is -0.129. The molecule has 0 saturated carbocycles. The Hall–Kier alpha value is -2.81. The molecule has 3 rings (SSSR count). The van der Waals surface area contributed by atoms with Crippen LogP contribution in [0.3, 0.4) is 0 Å². The highest BCUT2D eigenvalue weighted by Gasteiger charge is 2.35. The van der Waals surface area contributed by atoms with Crippen LogP contribution in [0, 0.1) is 5.92 Å². The highest BCUT2D eigenvalue weighted by atomic mass is 16.6. The zero-order chi connectivity index (χ0) is 19.2. The van der Waals surface area contributed by atoms with Gasteiger partial charge < -0.3 is 29.7 Å². The van der Waals surface area contributed by atoms with Gasteiger partial charge in [0.15, 0.2) is 11.5 Å². The van der Waals surface area contributed by atoms with Crippen molar-refractivity contribution in [2.75, 3.05) is 51.5 Å². The molecule has 1 atom stereocenters. The Bertz CT molecular complexity index is 723. The predicted molar refractivity (Wildman–Crippen MR) is 95.8 cm³/mol. The number of methoxy groups -OCH3 is 1. The van der Waals surface area contributed by atoms with Crippen LogP contribution >= 0.6 is 0 Å². The lowest BCUT2D eigenvalue weighted by Gasteiger charge is -2.22. The van der Waals surface area contributed by atoms with E-state index >= 15 is 0 Å². The number of ether oxygens (including phenoxy) is 3. The molecule has 9 nitrogen and oxygen atoms in total. The van der Waals surface area contributed by atoms with Gasteiger partial charge in [-0.1, -0.05) is 0 Å². The van der Waals surface area contributed by atoms with Crippen LogP contribution < -0.4 is 25.0 Å². The number of hydrogen-bond acceptors (Lipinski definition) is 6. The second kappa shape index (κ2) is 8.72. The Kier molecular flexibility index (Phi) is 6.12. The van der Waals surface area contributed by atoms with Gasteiger partial charge in [-0.15, -0.1) is 0 Å². The number of nitrogens with zero attached hydrogens (tertiary/aromatic N) is 1. The minimum atomic E-state index is -0.502. The molecule has 2 heterocycles. The average molecular weight is 377 g/mol. The van der Waals surface area contributed by atoms with Gasteiger partial charge in [-0.3, -0.25) is 14.4 Å². The van der Waals surface area contributed by atoms with Crippen molar-refractivity contribution in [1.29, 1.82) is 0 Å². The van der Waals surface area contributed by atoms with E-state index < -0.39 is 5.92 Å². The zero-order valence-corrected chi connectivity index (χ0v) is 15.2. The molecule has 0 aliphatic carbocycles. The normalized spacial score (nSPS) is 18.3. The van der Waals surface area contributed by atoms with Gasteiger partial charge >= 0.3 is 0 Å². The molecule has 1 fully saturated rings. The van der Waals surface area contributed by atoms with Crippen molar-refractivity contribution in [3.63, 3.8) is 0 Å². The summed E-state index contributed by atoms with van der Waals surface area (Å²) in [6.07, 6.45) is 0.103. The standard InChI is InChI=1S/C18H23N3O6/c1-25-5-4-19-16(22)10-20-18(24)12-8-17(23)21(11-12)13-2-3-14-15(9-13)27-7-6-26-14/h2-3,9,12H,4-8,10-11H2,1H3,(H,19,22)(H,20,24). The minimum Gasteiger partial charge on any atom is -0.486 e. The van der Waals surface area contributed by atoms with E-state index in [4.69, 9.17) is 14.2 Å². The number of benzene rings is 1. The molecule has 1 unspecified atom stereocenters. The molecule has 146 valence electrons. The molecular weight excluding hydrogens is 354 g/mol. The Labute approximate surface area is 156 Å². The van der Waals surface area contributed by atoms with Crippen LogP contribution in [-0.4, -0.2) is 64.3 Å². The van der Waals surface area contributed by atoms with Gasteiger partial charge in [-0.25, -0.2) is 0 Å². The maximum absolute atomic E-state index is 12.4. The summed E-state index contributed by atoms with van der Waals surface area (Å²) in [6.45, 7) is 1.87. The molecule has 1 saturated heterocycles. The summed E-state index contributed by atoms with van der Waals surface area (Å²) in [5, 5.41) is 5.20. The van der Waals surface area contributed by atoms with Crippen LogP contribution in [0.5, 0.6) is 11.5 Å². The third-order valence-electron chi connectivity index (χ3n) is 4.38. The number of carbonyl (C=O) groups excluding carboxylic acids is 3. The second-order valence-corrected chi connectivity index (χ2v) is 6.29. The summed E-state index contributed by atoms with van der Waals surface area (Å²) in [6, 6.07) is 5.28. The molecule has 0 bridgehead atoms. The first-order valence-corrected chi connectivity index (χ1v) is 8.82. The molecule has 27 heavy (non-hydrogen) atoms. The summed E-state index contributed by atoms with van der Waals surface area (Å²) in [5.41, 5.74) is 0.664. The van der Waals surface area contributed by atoms with Crippen molar-refractivity contribution >= 4 is 23.4 Å². The third kappa shape index (κ3) is 4.68. The van der Waals surface area contributed by atoms with Gasteiger partial charge in [0.2, 0.25) is 17.7 Å². The molecule has 9 heteroatoms. The molecular formula is C18H23N3O6. The van der Waals surface area contributed by atoms with Crippen LogP contribution in [0.1, 0.15) is 6.42 Å². The lowest BCUT2D eigenvalue weighted by atomic mass is 10.1. The molecule has 1 aromatic carbocycles. The number of anilines is 1. The molecule has 2 aliphatic rings. The van der Waals surface area contributed by atoms with Crippen LogP contribution in [0.2, 0.25) is 0 Å². The number of amides is 3. The van der Waals surface area contributed by atoms with Crippen LogP contribution in [0.25, 0.3) is 0 Å². The number of nitrogens with one attached hydrogen (secondary N) is 2. The van der Waals surface area contributed by atoms with Gasteiger partial charge in [0.05, 0.1) is 19.1 Å². The van der Waals surface area contributed by atoms with Crippen molar-refractivity contribution in [2.24, 2.45) is 5.92 Å². The van der Waals surface area contributed by atoms with Gasteiger partial charge in [-0.05, 0) is 12.1 Å². The van der Waals surface area contributed by atoms with Gasteiger partial charge in [0.1, 0.15) is 13.2 Å². The molecule has 0 spiro atoms. The molecule has 0 aromatic heterocycles. The Balaban J connectivity index is 1.54. The number of carbonyl (C=O) groups is 3. The summed E-state index contributed by atoms with van der Waals surface area (Å²) in [4.78, 5) is 37.8. The number of hydrogen-bond donors (Lipinski definition) is 2. The molecule has 3 amide bonds. The maximum Gasteiger partial charge on any atom is 0.239 e. The maximum atomic E-state index is 12.4. The molecule has 2 N–H and O–H groups in total. The number of fused-ring (bicyclic) bond motifs is 1. The van der Waals surface area contributed by atoms with Crippen molar-refractivity contribution in [1.82, 2.24) is 10.6 Å². The van der Waals surface area contributed by atoms with E-state index in [2.05, 4.69) is 10.6 Å². The Morgan fingerprint density at radius 1 is 1.22 bits per heavy atom. The highest BCUT2D eigenvalue weighted by molar-refractivity contribution is 6.01. The fourth-order valence-electron chi connectivity index (χ4n) is 3.00. The van der Waals surface area contributed by atoms with Crippen molar-refractivity contribution in [3.05, 3.63) is 18.2 Å². The van der Waals surface area contributed by atoms with Crippen molar-refractivity contribution in [3.8, 4) is 11.5 Å². The molecule has 0 radical (unpaired) electrons. The zero-order valence-electron chi connectivity index (χ0n) is 15.2. The average Bonchev–Trinajstić information content (AvgIpc) is 3.07. The van der Waals surface area contributed by atoms with Gasteiger partial charge in [0.25, 0.3) is 0 Å². The second-order valence-electron chi connectivity index (χ2n) is 6.29. The largest absolute Gasteiger partial charge is 0.486 e. The van der Waals surface area contributed by atoms with E-state index in [0.717, 1.165) is 0 Å². The fourth-order valence-corrected chi connectivity index (χ4v) is 3.00. The molecule has 2 aliphatic heterocycles. The van der Waals surface area contributed by atoms with E-state index in [-0.39, 0.29) is 37.2 Å². The van der Waals surface area contributed by atoms with Crippen LogP contribution in [0.4, 0.5) is 5.69 Å². The van der Waals surface area contributed by atoms with E-state index in [0.29, 0.717) is 43.6 Å². The monoisotopic (exact) mass is 377 g/mol. The van der Waals surface area contributed by atoms with E-state index in [1.54, 1.807) is 30.2 Å². The first kappa shape index (κ1) is 19.0. The van der Waals surface area contributed by atoms with Crippen molar-refractivity contribution in [2.45, 2.75) is 6.42 Å². The first-order chi connectivity index (χ1) is 13.1. The summed E-state index contributed by atoms with van der Waals surface area (Å²) >= 11 is 0.